The second-order valence-electron chi connectivity index (χ2n) is 5.89. The van der Waals surface area contributed by atoms with E-state index in [0.717, 1.165) is 12.5 Å². The lowest BCUT2D eigenvalue weighted by Gasteiger charge is -2.44. The third-order valence-corrected chi connectivity index (χ3v) is 4.78. The Morgan fingerprint density at radius 3 is 2.83 bits per heavy atom. The Kier molecular flexibility index (Phi) is 4.45. The van der Waals surface area contributed by atoms with Gasteiger partial charge in [0.15, 0.2) is 0 Å². The van der Waals surface area contributed by atoms with Crippen LogP contribution in [-0.4, -0.2) is 13.6 Å². The smallest absolute Gasteiger partial charge is 0.0106 e. The average molecular weight is 245 g/mol. The Morgan fingerprint density at radius 1 is 1.33 bits per heavy atom. The number of fused-ring (bicyclic) bond motifs is 1. The molecule has 1 heteroatoms. The predicted octanol–water partition coefficient (Wildman–Crippen LogP) is 3.92. The molecule has 1 aromatic carbocycles. The fraction of sp³-hybridized carbons (Fsp3) is 0.647. The minimum Gasteiger partial charge on any atom is -0.319 e. The van der Waals surface area contributed by atoms with E-state index in [2.05, 4.69) is 50.5 Å². The Balaban J connectivity index is 2.41. The van der Waals surface area contributed by atoms with E-state index in [1.165, 1.54) is 32.1 Å². The van der Waals surface area contributed by atoms with Gasteiger partial charge < -0.3 is 5.32 Å². The number of rotatable bonds is 5. The summed E-state index contributed by atoms with van der Waals surface area (Å²) >= 11 is 0. The number of likely N-dealkylation sites (N-methyl/N-ethyl adjacent to an activating group) is 1. The maximum Gasteiger partial charge on any atom is 0.0106 e. The van der Waals surface area contributed by atoms with Crippen molar-refractivity contribution in [2.75, 3.05) is 13.6 Å². The van der Waals surface area contributed by atoms with Gasteiger partial charge in [-0.05, 0) is 43.4 Å². The molecule has 2 atom stereocenters. The summed E-state index contributed by atoms with van der Waals surface area (Å²) in [5, 5.41) is 3.46. The van der Waals surface area contributed by atoms with Gasteiger partial charge in [0.05, 0.1) is 0 Å². The molecule has 1 aromatic rings. The molecular weight excluding hydrogens is 218 g/mol. The first-order valence-corrected chi connectivity index (χ1v) is 7.47. The van der Waals surface area contributed by atoms with Crippen LogP contribution in [0.2, 0.25) is 0 Å². The standard InChI is InChI=1S/C17H27N/c1-4-8-14(2)17(13-18-3)12-7-10-15-9-5-6-11-16(15)17/h5-6,9,11,14,18H,4,7-8,10,12-13H2,1-3H3. The summed E-state index contributed by atoms with van der Waals surface area (Å²) in [6.45, 7) is 5.87. The summed E-state index contributed by atoms with van der Waals surface area (Å²) in [4.78, 5) is 0. The molecule has 0 radical (unpaired) electrons. The van der Waals surface area contributed by atoms with Crippen molar-refractivity contribution in [3.63, 3.8) is 0 Å². The Bertz CT molecular complexity index is 385. The van der Waals surface area contributed by atoms with Gasteiger partial charge in [-0.1, -0.05) is 51.0 Å². The highest BCUT2D eigenvalue weighted by molar-refractivity contribution is 5.38. The lowest BCUT2D eigenvalue weighted by atomic mass is 9.62. The van der Waals surface area contributed by atoms with Gasteiger partial charge in [-0.25, -0.2) is 0 Å². The minimum absolute atomic E-state index is 0.361. The molecule has 0 bridgehead atoms. The van der Waals surface area contributed by atoms with E-state index in [4.69, 9.17) is 0 Å². The van der Waals surface area contributed by atoms with E-state index in [9.17, 15) is 0 Å². The van der Waals surface area contributed by atoms with E-state index >= 15 is 0 Å². The molecule has 100 valence electrons. The Labute approximate surface area is 112 Å². The molecule has 1 nitrogen and oxygen atoms in total. The van der Waals surface area contributed by atoms with Crippen LogP contribution in [0, 0.1) is 5.92 Å². The normalized spacial score (nSPS) is 24.6. The molecule has 0 saturated heterocycles. The quantitative estimate of drug-likeness (QED) is 0.829. The SMILES string of the molecule is CCCC(C)C1(CNC)CCCc2ccccc21. The fourth-order valence-electron chi connectivity index (χ4n) is 3.85. The minimum atomic E-state index is 0.361. The van der Waals surface area contributed by atoms with E-state index in [1.54, 1.807) is 11.1 Å². The van der Waals surface area contributed by atoms with Crippen molar-refractivity contribution in [2.45, 2.75) is 51.4 Å². The lowest BCUT2D eigenvalue weighted by molar-refractivity contribution is 0.227. The van der Waals surface area contributed by atoms with Crippen LogP contribution in [0.3, 0.4) is 0 Å². The zero-order valence-corrected chi connectivity index (χ0v) is 12.1. The first-order chi connectivity index (χ1) is 8.74. The van der Waals surface area contributed by atoms with Crippen LogP contribution in [0.5, 0.6) is 0 Å². The van der Waals surface area contributed by atoms with Crippen molar-refractivity contribution in [2.24, 2.45) is 5.92 Å². The molecule has 18 heavy (non-hydrogen) atoms. The van der Waals surface area contributed by atoms with Crippen LogP contribution in [0.1, 0.15) is 50.7 Å². The topological polar surface area (TPSA) is 12.0 Å². The zero-order chi connectivity index (χ0) is 13.0. The third-order valence-electron chi connectivity index (χ3n) is 4.78. The van der Waals surface area contributed by atoms with Crippen molar-refractivity contribution >= 4 is 0 Å². The van der Waals surface area contributed by atoms with Gasteiger partial charge in [0, 0.05) is 12.0 Å². The summed E-state index contributed by atoms with van der Waals surface area (Å²) in [5.74, 6) is 0.761. The van der Waals surface area contributed by atoms with Gasteiger partial charge in [-0.2, -0.15) is 0 Å². The first-order valence-electron chi connectivity index (χ1n) is 7.47. The second-order valence-corrected chi connectivity index (χ2v) is 5.89. The maximum absolute atomic E-state index is 3.46. The predicted molar refractivity (Wildman–Crippen MR) is 79.1 cm³/mol. The van der Waals surface area contributed by atoms with Gasteiger partial charge in [-0.3, -0.25) is 0 Å². The van der Waals surface area contributed by atoms with Crippen molar-refractivity contribution in [1.82, 2.24) is 5.32 Å². The van der Waals surface area contributed by atoms with E-state index < -0.39 is 0 Å². The van der Waals surface area contributed by atoms with Crippen LogP contribution >= 0.6 is 0 Å². The number of benzene rings is 1. The molecule has 1 aliphatic rings. The number of nitrogens with one attached hydrogen (secondary N) is 1. The van der Waals surface area contributed by atoms with Gasteiger partial charge in [0.1, 0.15) is 0 Å². The highest BCUT2D eigenvalue weighted by Crippen LogP contribution is 2.44. The first kappa shape index (κ1) is 13.6. The molecule has 2 unspecified atom stereocenters. The van der Waals surface area contributed by atoms with Gasteiger partial charge in [0.25, 0.3) is 0 Å². The molecule has 0 fully saturated rings. The summed E-state index contributed by atoms with van der Waals surface area (Å²) in [5.41, 5.74) is 3.56. The monoisotopic (exact) mass is 245 g/mol. The number of hydrogen-bond acceptors (Lipinski definition) is 1. The molecule has 0 aliphatic heterocycles. The summed E-state index contributed by atoms with van der Waals surface area (Å²) in [6.07, 6.45) is 6.56. The maximum atomic E-state index is 3.46. The molecule has 0 saturated carbocycles. The van der Waals surface area contributed by atoms with Gasteiger partial charge in [0.2, 0.25) is 0 Å². The van der Waals surface area contributed by atoms with Crippen molar-refractivity contribution in [1.29, 1.82) is 0 Å². The van der Waals surface area contributed by atoms with Gasteiger partial charge in [-0.15, -0.1) is 0 Å². The number of aryl methyl sites for hydroxylation is 1. The van der Waals surface area contributed by atoms with Crippen LogP contribution in [0.15, 0.2) is 24.3 Å². The van der Waals surface area contributed by atoms with Crippen LogP contribution in [0.25, 0.3) is 0 Å². The van der Waals surface area contributed by atoms with Crippen LogP contribution in [0.4, 0.5) is 0 Å². The largest absolute Gasteiger partial charge is 0.319 e. The third kappa shape index (κ3) is 2.33. The van der Waals surface area contributed by atoms with Crippen LogP contribution < -0.4 is 5.32 Å². The Hall–Kier alpha value is -0.820. The molecule has 2 rings (SSSR count). The van der Waals surface area contributed by atoms with Crippen molar-refractivity contribution < 1.29 is 0 Å². The van der Waals surface area contributed by atoms with Crippen molar-refractivity contribution in [3.05, 3.63) is 35.4 Å². The molecule has 0 aromatic heterocycles. The lowest BCUT2D eigenvalue weighted by Crippen LogP contribution is -2.45. The van der Waals surface area contributed by atoms with Gasteiger partial charge >= 0.3 is 0 Å². The van der Waals surface area contributed by atoms with Crippen molar-refractivity contribution in [3.8, 4) is 0 Å². The molecule has 0 heterocycles. The summed E-state index contributed by atoms with van der Waals surface area (Å²) in [7, 11) is 2.09. The molecular formula is C17H27N. The Morgan fingerprint density at radius 2 is 2.11 bits per heavy atom. The van der Waals surface area contributed by atoms with Crippen LogP contribution in [-0.2, 0) is 11.8 Å². The second kappa shape index (κ2) is 5.88. The molecule has 0 amide bonds. The van der Waals surface area contributed by atoms with E-state index in [1.807, 2.05) is 0 Å². The molecule has 1 N–H and O–H groups in total. The summed E-state index contributed by atoms with van der Waals surface area (Å²) < 4.78 is 0. The summed E-state index contributed by atoms with van der Waals surface area (Å²) in [6, 6.07) is 9.11. The zero-order valence-electron chi connectivity index (χ0n) is 12.1. The molecule has 0 spiro atoms. The van der Waals surface area contributed by atoms with E-state index in [0.29, 0.717) is 5.41 Å². The number of hydrogen-bond donors (Lipinski definition) is 1. The highest BCUT2D eigenvalue weighted by Gasteiger charge is 2.39. The average Bonchev–Trinajstić information content (AvgIpc) is 2.39. The highest BCUT2D eigenvalue weighted by atomic mass is 14.8. The molecule has 1 aliphatic carbocycles. The fourth-order valence-corrected chi connectivity index (χ4v) is 3.85. The van der Waals surface area contributed by atoms with E-state index in [-0.39, 0.29) is 0 Å².